The van der Waals surface area contributed by atoms with Crippen LogP contribution in [0.1, 0.15) is 20.3 Å². The van der Waals surface area contributed by atoms with Gasteiger partial charge in [0.25, 0.3) is 0 Å². The lowest BCUT2D eigenvalue weighted by molar-refractivity contribution is -0.117. The largest absolute Gasteiger partial charge is 0.322 e. The van der Waals surface area contributed by atoms with E-state index in [1.807, 2.05) is 13.8 Å². The summed E-state index contributed by atoms with van der Waals surface area (Å²) >= 11 is 9.01. The van der Waals surface area contributed by atoms with E-state index in [0.29, 0.717) is 22.5 Å². The minimum Gasteiger partial charge on any atom is -0.322 e. The molecule has 0 bridgehead atoms. The maximum Gasteiger partial charge on any atom is 0.241 e. The maximum absolute atomic E-state index is 13.0. The molecule has 1 amide bonds. The average molecular weight is 338 g/mol. The van der Waals surface area contributed by atoms with Gasteiger partial charge in [-0.2, -0.15) is 0 Å². The molecular weight excluding hydrogens is 322 g/mol. The van der Waals surface area contributed by atoms with Crippen LogP contribution in [0, 0.1) is 11.7 Å². The molecule has 3 nitrogen and oxygen atoms in total. The Kier molecular flexibility index (Phi) is 5.56. The normalized spacial score (nSPS) is 12.6. The molecule has 0 fully saturated rings. The van der Waals surface area contributed by atoms with Crippen molar-refractivity contribution in [2.24, 2.45) is 11.7 Å². The minimum atomic E-state index is -0.613. The van der Waals surface area contributed by atoms with E-state index >= 15 is 0 Å². The van der Waals surface area contributed by atoms with Crippen molar-refractivity contribution in [1.82, 2.24) is 0 Å². The van der Waals surface area contributed by atoms with Crippen LogP contribution in [0.4, 0.5) is 10.1 Å². The fourth-order valence-electron chi connectivity index (χ4n) is 1.49. The fraction of sp³-hybridized carbons (Fsp3) is 0.417. The van der Waals surface area contributed by atoms with Crippen molar-refractivity contribution in [2.75, 3.05) is 5.32 Å². The molecule has 0 aliphatic rings. The van der Waals surface area contributed by atoms with Gasteiger partial charge in [0.1, 0.15) is 5.82 Å². The summed E-state index contributed by atoms with van der Waals surface area (Å²) in [5.74, 6) is -0.493. The first-order valence-corrected chi connectivity index (χ1v) is 6.69. The van der Waals surface area contributed by atoms with Crippen molar-refractivity contribution in [2.45, 2.75) is 26.3 Å². The third-order valence-electron chi connectivity index (χ3n) is 2.32. The van der Waals surface area contributed by atoms with E-state index < -0.39 is 11.9 Å². The van der Waals surface area contributed by atoms with E-state index in [9.17, 15) is 9.18 Å². The van der Waals surface area contributed by atoms with Crippen molar-refractivity contribution in [3.05, 3.63) is 27.4 Å². The number of hydrogen-bond acceptors (Lipinski definition) is 2. The lowest BCUT2D eigenvalue weighted by Gasteiger charge is -2.15. The number of nitrogens with one attached hydrogen (secondary N) is 1. The lowest BCUT2D eigenvalue weighted by atomic mass is 10.0. The molecule has 0 spiro atoms. The van der Waals surface area contributed by atoms with Crippen LogP contribution in [0.2, 0.25) is 5.02 Å². The fourth-order valence-corrected chi connectivity index (χ4v) is 2.39. The quantitative estimate of drug-likeness (QED) is 0.882. The van der Waals surface area contributed by atoms with Gasteiger partial charge in [0.05, 0.1) is 16.8 Å². The predicted octanol–water partition coefficient (Wildman–Crippen LogP) is 3.55. The van der Waals surface area contributed by atoms with E-state index in [1.165, 1.54) is 6.07 Å². The number of amides is 1. The van der Waals surface area contributed by atoms with Crippen LogP contribution in [-0.2, 0) is 4.79 Å². The highest BCUT2D eigenvalue weighted by Crippen LogP contribution is 2.31. The summed E-state index contributed by atoms with van der Waals surface area (Å²) in [6.45, 7) is 3.96. The summed E-state index contributed by atoms with van der Waals surface area (Å²) in [6.07, 6.45) is 0.572. The number of benzene rings is 1. The van der Waals surface area contributed by atoms with E-state index in [4.69, 9.17) is 17.3 Å². The third-order valence-corrected chi connectivity index (χ3v) is 3.24. The van der Waals surface area contributed by atoms with Crippen molar-refractivity contribution >= 4 is 39.1 Å². The van der Waals surface area contributed by atoms with Gasteiger partial charge in [-0.1, -0.05) is 25.4 Å². The zero-order valence-electron chi connectivity index (χ0n) is 10.1. The number of halogens is 3. The monoisotopic (exact) mass is 336 g/mol. The Morgan fingerprint density at radius 2 is 2.17 bits per heavy atom. The van der Waals surface area contributed by atoms with E-state index in [0.717, 1.165) is 6.07 Å². The summed E-state index contributed by atoms with van der Waals surface area (Å²) in [5, 5.41) is 2.73. The number of carbonyl (C=O) groups excluding carboxylic acids is 1. The molecule has 100 valence electrons. The highest BCUT2D eigenvalue weighted by atomic mass is 79.9. The number of hydrogen-bond donors (Lipinski definition) is 2. The molecule has 0 aliphatic heterocycles. The van der Waals surface area contributed by atoms with Crippen molar-refractivity contribution < 1.29 is 9.18 Å². The zero-order chi connectivity index (χ0) is 13.9. The van der Waals surface area contributed by atoms with Gasteiger partial charge >= 0.3 is 0 Å². The summed E-state index contributed by atoms with van der Waals surface area (Å²) in [4.78, 5) is 11.8. The Balaban J connectivity index is 2.82. The van der Waals surface area contributed by atoms with Gasteiger partial charge in [0, 0.05) is 4.47 Å². The van der Waals surface area contributed by atoms with Crippen LogP contribution >= 0.6 is 27.5 Å². The molecular formula is C12H15BrClFN2O. The molecule has 0 saturated heterocycles. The number of anilines is 1. The molecule has 18 heavy (non-hydrogen) atoms. The summed E-state index contributed by atoms with van der Waals surface area (Å²) in [6, 6.07) is 1.75. The van der Waals surface area contributed by atoms with Crippen molar-refractivity contribution in [3.63, 3.8) is 0 Å². The van der Waals surface area contributed by atoms with Crippen LogP contribution < -0.4 is 11.1 Å². The lowest BCUT2D eigenvalue weighted by Crippen LogP contribution is -2.36. The Morgan fingerprint density at radius 3 is 2.67 bits per heavy atom. The van der Waals surface area contributed by atoms with Crippen molar-refractivity contribution in [3.8, 4) is 0 Å². The van der Waals surface area contributed by atoms with Crippen LogP contribution in [-0.4, -0.2) is 11.9 Å². The zero-order valence-corrected chi connectivity index (χ0v) is 12.5. The number of nitrogens with two attached hydrogens (primary N) is 1. The molecule has 1 aromatic rings. The molecule has 6 heteroatoms. The summed E-state index contributed by atoms with van der Waals surface area (Å²) in [7, 11) is 0. The van der Waals surface area contributed by atoms with Crippen LogP contribution in [0.25, 0.3) is 0 Å². The van der Waals surface area contributed by atoms with E-state index in [2.05, 4.69) is 21.2 Å². The molecule has 1 aromatic carbocycles. The molecule has 0 aromatic heterocycles. The topological polar surface area (TPSA) is 55.1 Å². The van der Waals surface area contributed by atoms with Crippen molar-refractivity contribution in [1.29, 1.82) is 0 Å². The molecule has 0 heterocycles. The SMILES string of the molecule is CC(C)C[C@@H](N)C(=O)Nc1c(Cl)cc(F)cc1Br. The maximum atomic E-state index is 13.0. The third kappa shape index (κ3) is 4.23. The Morgan fingerprint density at radius 1 is 1.56 bits per heavy atom. The Labute approximate surface area is 119 Å². The molecule has 3 N–H and O–H groups in total. The standard InChI is InChI=1S/C12H15BrClFN2O/c1-6(2)3-10(16)12(18)17-11-8(13)4-7(15)5-9(11)14/h4-6,10H,3,16H2,1-2H3,(H,17,18)/t10-/m1/s1. The first-order valence-electron chi connectivity index (χ1n) is 5.52. The van der Waals surface area contributed by atoms with Gasteiger partial charge in [-0.25, -0.2) is 4.39 Å². The molecule has 0 radical (unpaired) electrons. The van der Waals surface area contributed by atoms with Crippen LogP contribution in [0.3, 0.4) is 0 Å². The first-order chi connectivity index (χ1) is 8.31. The smallest absolute Gasteiger partial charge is 0.241 e. The highest BCUT2D eigenvalue weighted by molar-refractivity contribution is 9.10. The highest BCUT2D eigenvalue weighted by Gasteiger charge is 2.18. The van der Waals surface area contributed by atoms with Crippen LogP contribution in [0.5, 0.6) is 0 Å². The average Bonchev–Trinajstić information content (AvgIpc) is 2.21. The molecule has 0 unspecified atom stereocenters. The second kappa shape index (κ2) is 6.50. The second-order valence-electron chi connectivity index (χ2n) is 4.47. The van der Waals surface area contributed by atoms with Gasteiger partial charge < -0.3 is 11.1 Å². The van der Waals surface area contributed by atoms with Crippen LogP contribution in [0.15, 0.2) is 16.6 Å². The second-order valence-corrected chi connectivity index (χ2v) is 5.73. The number of carbonyl (C=O) groups is 1. The molecule has 1 rings (SSSR count). The van der Waals surface area contributed by atoms with E-state index in [1.54, 1.807) is 0 Å². The molecule has 0 aliphatic carbocycles. The van der Waals surface area contributed by atoms with E-state index in [-0.39, 0.29) is 10.9 Å². The first kappa shape index (κ1) is 15.4. The predicted molar refractivity (Wildman–Crippen MR) is 75.2 cm³/mol. The van der Waals surface area contributed by atoms with Gasteiger partial charge in [-0.15, -0.1) is 0 Å². The van der Waals surface area contributed by atoms with Gasteiger partial charge in [-0.05, 0) is 40.4 Å². The minimum absolute atomic E-state index is 0.131. The molecule has 1 atom stereocenters. The van der Waals surface area contributed by atoms with Gasteiger partial charge in [0.15, 0.2) is 0 Å². The summed E-state index contributed by atoms with van der Waals surface area (Å²) < 4.78 is 13.4. The van der Waals surface area contributed by atoms with Gasteiger partial charge in [-0.3, -0.25) is 4.79 Å². The molecule has 0 saturated carbocycles. The van der Waals surface area contributed by atoms with Gasteiger partial charge in [0.2, 0.25) is 5.91 Å². The Hall–Kier alpha value is -0.650. The number of rotatable bonds is 4. The summed E-state index contributed by atoms with van der Waals surface area (Å²) in [5.41, 5.74) is 6.09. The Bertz CT molecular complexity index is 431.